The summed E-state index contributed by atoms with van der Waals surface area (Å²) in [5, 5.41) is 0. The first-order chi connectivity index (χ1) is 41.0. The molecule has 6 nitrogen and oxygen atoms in total. The van der Waals surface area contributed by atoms with Crippen LogP contribution in [-0.4, -0.2) is 37.2 Å². The number of hydrogen-bond donors (Lipinski definition) is 0. The summed E-state index contributed by atoms with van der Waals surface area (Å²) in [5.41, 5.74) is 0. The van der Waals surface area contributed by atoms with Crippen molar-refractivity contribution in [3.05, 3.63) is 85.1 Å². The molecule has 83 heavy (non-hydrogen) atoms. The highest BCUT2D eigenvalue weighted by Crippen LogP contribution is 2.17. The molecule has 0 aromatic rings. The highest BCUT2D eigenvalue weighted by Gasteiger charge is 2.19. The molecule has 0 amide bonds. The van der Waals surface area contributed by atoms with Gasteiger partial charge < -0.3 is 14.2 Å². The molecular weight excluding hydrogens is 1020 g/mol. The molecule has 0 rings (SSSR count). The number of carbonyl (C=O) groups excluding carboxylic acids is 3. The lowest BCUT2D eigenvalue weighted by Gasteiger charge is -2.18. The largest absolute Gasteiger partial charge is 0.462 e. The third-order valence-corrected chi connectivity index (χ3v) is 15.8. The Morgan fingerprint density at radius 2 is 0.434 bits per heavy atom. The Bertz CT molecular complexity index is 1570. The summed E-state index contributed by atoms with van der Waals surface area (Å²) in [5.74, 6) is -0.878. The molecule has 0 aromatic carbocycles. The van der Waals surface area contributed by atoms with Crippen molar-refractivity contribution in [1.29, 1.82) is 0 Å². The molecule has 0 fully saturated rings. The second kappa shape index (κ2) is 71.1. The van der Waals surface area contributed by atoms with Crippen LogP contribution < -0.4 is 0 Å². The van der Waals surface area contributed by atoms with Crippen molar-refractivity contribution in [2.45, 2.75) is 374 Å². The molecule has 0 spiro atoms. The van der Waals surface area contributed by atoms with Crippen LogP contribution >= 0.6 is 0 Å². The van der Waals surface area contributed by atoms with E-state index in [1.807, 2.05) is 0 Å². The van der Waals surface area contributed by atoms with Crippen molar-refractivity contribution in [2.75, 3.05) is 13.2 Å². The Hall–Kier alpha value is -3.41. The summed E-state index contributed by atoms with van der Waals surface area (Å²) in [6.07, 6.45) is 94.5. The van der Waals surface area contributed by atoms with Gasteiger partial charge in [0, 0.05) is 19.3 Å². The van der Waals surface area contributed by atoms with Gasteiger partial charge in [0.1, 0.15) is 13.2 Å². The number of allylic oxidation sites excluding steroid dienone is 14. The van der Waals surface area contributed by atoms with Crippen LogP contribution in [0.3, 0.4) is 0 Å². The summed E-state index contributed by atoms with van der Waals surface area (Å²) >= 11 is 0. The zero-order valence-electron chi connectivity index (χ0n) is 55.2. The van der Waals surface area contributed by atoms with Gasteiger partial charge in [-0.05, 0) is 122 Å². The van der Waals surface area contributed by atoms with Crippen LogP contribution in [0.25, 0.3) is 0 Å². The topological polar surface area (TPSA) is 78.9 Å². The number of esters is 3. The molecule has 0 heterocycles. The first kappa shape index (κ1) is 79.6. The predicted molar refractivity (Wildman–Crippen MR) is 362 cm³/mol. The molecule has 0 saturated heterocycles. The molecule has 0 radical (unpaired) electrons. The Morgan fingerprint density at radius 1 is 0.241 bits per heavy atom. The smallest absolute Gasteiger partial charge is 0.306 e. The van der Waals surface area contributed by atoms with Gasteiger partial charge in [-0.3, -0.25) is 14.4 Å². The molecule has 0 bridgehead atoms. The maximum Gasteiger partial charge on any atom is 0.306 e. The lowest BCUT2D eigenvalue weighted by atomic mass is 10.1. The van der Waals surface area contributed by atoms with E-state index in [-0.39, 0.29) is 31.1 Å². The fraction of sp³-hybridized carbons (Fsp3) is 0.779. The highest BCUT2D eigenvalue weighted by atomic mass is 16.6. The Kier molecular flexibility index (Phi) is 68.2. The molecule has 1 atom stereocenters. The van der Waals surface area contributed by atoms with Gasteiger partial charge in [0.15, 0.2) is 6.10 Å². The van der Waals surface area contributed by atoms with E-state index in [9.17, 15) is 14.4 Å². The van der Waals surface area contributed by atoms with Crippen LogP contribution in [0.5, 0.6) is 0 Å². The second-order valence-electron chi connectivity index (χ2n) is 24.1. The fourth-order valence-corrected chi connectivity index (χ4v) is 10.4. The molecule has 0 aliphatic carbocycles. The normalized spacial score (nSPS) is 12.6. The molecule has 0 aliphatic heterocycles. The Labute approximate surface area is 515 Å². The van der Waals surface area contributed by atoms with E-state index in [1.165, 1.54) is 238 Å². The second-order valence-corrected chi connectivity index (χ2v) is 24.1. The minimum Gasteiger partial charge on any atom is -0.462 e. The summed E-state index contributed by atoms with van der Waals surface area (Å²) in [7, 11) is 0. The molecule has 0 aromatic heterocycles. The van der Waals surface area contributed by atoms with Crippen molar-refractivity contribution in [3.63, 3.8) is 0 Å². The van der Waals surface area contributed by atoms with Gasteiger partial charge in [0.2, 0.25) is 0 Å². The monoisotopic (exact) mass is 1160 g/mol. The fourth-order valence-electron chi connectivity index (χ4n) is 10.4. The Morgan fingerprint density at radius 3 is 0.687 bits per heavy atom. The average Bonchev–Trinajstić information content (AvgIpc) is 3.49. The summed E-state index contributed by atoms with van der Waals surface area (Å²) in [6, 6.07) is 0. The zero-order chi connectivity index (χ0) is 59.9. The number of unbranched alkanes of at least 4 members (excludes halogenated alkanes) is 41. The van der Waals surface area contributed by atoms with Gasteiger partial charge in [-0.15, -0.1) is 0 Å². The first-order valence-corrected chi connectivity index (χ1v) is 36.1. The third kappa shape index (κ3) is 69.3. The van der Waals surface area contributed by atoms with Crippen molar-refractivity contribution in [2.24, 2.45) is 0 Å². The predicted octanol–water partition coefficient (Wildman–Crippen LogP) is 25.0. The van der Waals surface area contributed by atoms with E-state index in [1.54, 1.807) is 0 Å². The van der Waals surface area contributed by atoms with Crippen LogP contribution in [0.2, 0.25) is 0 Å². The van der Waals surface area contributed by atoms with Crippen LogP contribution in [0, 0.1) is 0 Å². The minimum absolute atomic E-state index is 0.0813. The van der Waals surface area contributed by atoms with Gasteiger partial charge >= 0.3 is 17.9 Å². The van der Waals surface area contributed by atoms with Crippen LogP contribution in [0.4, 0.5) is 0 Å². The number of rotatable bonds is 66. The van der Waals surface area contributed by atoms with E-state index < -0.39 is 6.10 Å². The van der Waals surface area contributed by atoms with Gasteiger partial charge in [-0.2, -0.15) is 0 Å². The first-order valence-electron chi connectivity index (χ1n) is 36.1. The molecule has 0 N–H and O–H groups in total. The van der Waals surface area contributed by atoms with Gasteiger partial charge in [-0.25, -0.2) is 0 Å². The van der Waals surface area contributed by atoms with Crippen LogP contribution in [0.1, 0.15) is 367 Å². The SMILES string of the molecule is CCCCCCC/C=C\C/C=C\C/C=C\CCCCCCCCCCCCC(=O)OCC(COC(=O)CCCCCCCCC/C=C\CCCCCCCC)OC(=O)CCCCCCCCCC/C=C\C/C=C\C/C=C\CCCCCCC. The molecule has 1 unspecified atom stereocenters. The van der Waals surface area contributed by atoms with Crippen LogP contribution in [0.15, 0.2) is 85.1 Å². The number of ether oxygens (including phenoxy) is 3. The van der Waals surface area contributed by atoms with Crippen LogP contribution in [-0.2, 0) is 28.6 Å². The summed E-state index contributed by atoms with van der Waals surface area (Å²) in [4.78, 5) is 38.5. The van der Waals surface area contributed by atoms with Gasteiger partial charge in [0.05, 0.1) is 0 Å². The molecule has 0 saturated carbocycles. The summed E-state index contributed by atoms with van der Waals surface area (Å²) < 4.78 is 17.0. The quantitative estimate of drug-likeness (QED) is 0.0261. The van der Waals surface area contributed by atoms with E-state index in [0.717, 1.165) is 89.9 Å². The van der Waals surface area contributed by atoms with E-state index >= 15 is 0 Å². The maximum atomic E-state index is 13.0. The lowest BCUT2D eigenvalue weighted by molar-refractivity contribution is -0.167. The summed E-state index contributed by atoms with van der Waals surface area (Å²) in [6.45, 7) is 6.65. The van der Waals surface area contributed by atoms with Gasteiger partial charge in [-0.1, -0.05) is 311 Å². The van der Waals surface area contributed by atoms with Gasteiger partial charge in [0.25, 0.3) is 0 Å². The van der Waals surface area contributed by atoms with Crippen molar-refractivity contribution in [1.82, 2.24) is 0 Å². The van der Waals surface area contributed by atoms with Crippen molar-refractivity contribution >= 4 is 17.9 Å². The molecular formula is C77H136O6. The van der Waals surface area contributed by atoms with E-state index in [4.69, 9.17) is 14.2 Å². The molecule has 0 aliphatic rings. The third-order valence-electron chi connectivity index (χ3n) is 15.8. The minimum atomic E-state index is -0.787. The average molecular weight is 1160 g/mol. The Balaban J connectivity index is 4.38. The zero-order valence-corrected chi connectivity index (χ0v) is 55.2. The van der Waals surface area contributed by atoms with Crippen molar-refractivity contribution in [3.8, 4) is 0 Å². The number of hydrogen-bond acceptors (Lipinski definition) is 6. The standard InChI is InChI=1S/C77H136O6/c1-4-7-10-13-16-19-22-25-28-31-33-35-37-38-40-41-43-46-49-52-55-58-61-64-67-70-76(79)82-73-74(72-81-75(78)69-66-63-60-57-54-51-48-45-30-27-24-21-18-15-12-9-6-3)83-77(80)71-68-65-62-59-56-53-50-47-44-42-39-36-34-32-29-26-23-20-17-14-11-8-5-2/h22-23,25-27,30-34,37-39,42,74H,4-21,24,28-29,35-36,40-41,43-73H2,1-3H3/b25-22-,26-23-,30-27-,33-31-,34-32-,38-37-,42-39-. The van der Waals surface area contributed by atoms with E-state index in [0.29, 0.717) is 19.3 Å². The number of carbonyl (C=O) groups is 3. The molecule has 6 heteroatoms. The van der Waals surface area contributed by atoms with E-state index in [2.05, 4.69) is 106 Å². The lowest BCUT2D eigenvalue weighted by Crippen LogP contribution is -2.30. The maximum absolute atomic E-state index is 13.0. The van der Waals surface area contributed by atoms with Crippen molar-refractivity contribution < 1.29 is 28.6 Å². The molecule has 480 valence electrons. The highest BCUT2D eigenvalue weighted by molar-refractivity contribution is 5.71.